The van der Waals surface area contributed by atoms with Gasteiger partial charge in [-0.3, -0.25) is 4.79 Å². The Balaban J connectivity index is 2.10. The third kappa shape index (κ3) is 2.94. The first kappa shape index (κ1) is 12.3. The average molecular weight is 237 g/mol. The van der Waals surface area contributed by atoms with Gasteiger partial charge in [0, 0.05) is 31.4 Å². The molecule has 5 heteroatoms. The van der Waals surface area contributed by atoms with E-state index in [1.54, 1.807) is 16.8 Å². The van der Waals surface area contributed by atoms with Crippen molar-refractivity contribution < 1.29 is 4.74 Å². The van der Waals surface area contributed by atoms with Crippen molar-refractivity contribution in [1.82, 2.24) is 9.47 Å². The number of hydrogen-bond acceptors (Lipinski definition) is 4. The number of ether oxygens (including phenoxy) is 1. The lowest BCUT2D eigenvalue weighted by atomic mass is 10.2. The van der Waals surface area contributed by atoms with Crippen LogP contribution in [0.15, 0.2) is 23.1 Å². The van der Waals surface area contributed by atoms with E-state index in [2.05, 4.69) is 11.9 Å². The Hall–Kier alpha value is -1.17. The van der Waals surface area contributed by atoms with E-state index >= 15 is 0 Å². The molecule has 0 spiro atoms. The van der Waals surface area contributed by atoms with E-state index in [0.29, 0.717) is 12.1 Å². The molecule has 2 rings (SSSR count). The molecule has 0 radical (unpaired) electrons. The lowest BCUT2D eigenvalue weighted by Gasteiger charge is -2.30. The number of pyridine rings is 1. The van der Waals surface area contributed by atoms with Crippen LogP contribution in [0.2, 0.25) is 0 Å². The summed E-state index contributed by atoms with van der Waals surface area (Å²) in [5.74, 6) is 0. The van der Waals surface area contributed by atoms with Gasteiger partial charge in [0.05, 0.1) is 19.3 Å². The Bertz CT molecular complexity index is 430. The first-order chi connectivity index (χ1) is 8.20. The van der Waals surface area contributed by atoms with Gasteiger partial charge >= 0.3 is 0 Å². The third-order valence-electron chi connectivity index (χ3n) is 3.06. The molecule has 0 amide bonds. The second kappa shape index (κ2) is 5.44. The molecule has 2 heterocycles. The minimum atomic E-state index is -0.00757. The fourth-order valence-electron chi connectivity index (χ4n) is 2.08. The quantitative estimate of drug-likeness (QED) is 0.780. The number of nitrogens with zero attached hydrogens (tertiary/aromatic N) is 2. The van der Waals surface area contributed by atoms with Crippen LogP contribution in [0.3, 0.4) is 0 Å². The first-order valence-electron chi connectivity index (χ1n) is 5.89. The summed E-state index contributed by atoms with van der Waals surface area (Å²) < 4.78 is 7.33. The number of rotatable bonds is 3. The van der Waals surface area contributed by atoms with Crippen molar-refractivity contribution in [3.63, 3.8) is 0 Å². The summed E-state index contributed by atoms with van der Waals surface area (Å²) in [6.07, 6.45) is 1.87. The number of likely N-dealkylation sites (N-methyl/N-ethyl adjacent to an activating group) is 1. The van der Waals surface area contributed by atoms with Gasteiger partial charge in [-0.2, -0.15) is 0 Å². The molecule has 2 N–H and O–H groups in total. The van der Waals surface area contributed by atoms with Crippen LogP contribution in [0.1, 0.15) is 5.56 Å². The molecule has 17 heavy (non-hydrogen) atoms. The minimum Gasteiger partial charge on any atom is -0.374 e. The number of nitrogens with two attached hydrogens (primary N) is 1. The topological polar surface area (TPSA) is 60.5 Å². The van der Waals surface area contributed by atoms with Gasteiger partial charge in [0.2, 0.25) is 0 Å². The smallest absolute Gasteiger partial charge is 0.255 e. The number of hydrogen-bond donors (Lipinski definition) is 1. The molecule has 1 fully saturated rings. The molecule has 5 nitrogen and oxygen atoms in total. The zero-order valence-corrected chi connectivity index (χ0v) is 10.1. The van der Waals surface area contributed by atoms with E-state index in [1.165, 1.54) is 0 Å². The Morgan fingerprint density at radius 2 is 2.41 bits per heavy atom. The molecule has 0 saturated carbocycles. The third-order valence-corrected chi connectivity index (χ3v) is 3.06. The van der Waals surface area contributed by atoms with Crippen molar-refractivity contribution in [3.8, 4) is 0 Å². The molecule has 1 aromatic heterocycles. The summed E-state index contributed by atoms with van der Waals surface area (Å²) in [6, 6.07) is 3.63. The van der Waals surface area contributed by atoms with Gasteiger partial charge in [0.1, 0.15) is 0 Å². The van der Waals surface area contributed by atoms with E-state index in [-0.39, 0.29) is 18.2 Å². The van der Waals surface area contributed by atoms with Crippen LogP contribution in [0.4, 0.5) is 0 Å². The molecule has 94 valence electrons. The summed E-state index contributed by atoms with van der Waals surface area (Å²) in [5, 5.41) is 0. The van der Waals surface area contributed by atoms with Gasteiger partial charge < -0.3 is 19.9 Å². The lowest BCUT2D eigenvalue weighted by molar-refractivity contribution is -0.0279. The van der Waals surface area contributed by atoms with Gasteiger partial charge in [0.25, 0.3) is 5.56 Å². The fourth-order valence-corrected chi connectivity index (χ4v) is 2.08. The van der Waals surface area contributed by atoms with Crippen molar-refractivity contribution in [1.29, 1.82) is 0 Å². The van der Waals surface area contributed by atoms with Crippen molar-refractivity contribution in [2.45, 2.75) is 19.2 Å². The number of morpholine rings is 1. The summed E-state index contributed by atoms with van der Waals surface area (Å²) in [5.41, 5.74) is 6.16. The van der Waals surface area contributed by atoms with E-state index in [9.17, 15) is 4.79 Å². The lowest BCUT2D eigenvalue weighted by Crippen LogP contribution is -2.43. The highest BCUT2D eigenvalue weighted by Crippen LogP contribution is 2.05. The molecule has 1 atom stereocenters. The SMILES string of the molecule is CN1CCOC(Cn2cccc(CN)c2=O)C1. The zero-order valence-electron chi connectivity index (χ0n) is 10.1. The van der Waals surface area contributed by atoms with E-state index < -0.39 is 0 Å². The largest absolute Gasteiger partial charge is 0.374 e. The van der Waals surface area contributed by atoms with Crippen molar-refractivity contribution >= 4 is 0 Å². The average Bonchev–Trinajstić information content (AvgIpc) is 2.32. The second-order valence-corrected chi connectivity index (χ2v) is 4.45. The zero-order chi connectivity index (χ0) is 12.3. The Morgan fingerprint density at radius 1 is 1.59 bits per heavy atom. The highest BCUT2D eigenvalue weighted by Gasteiger charge is 2.18. The highest BCUT2D eigenvalue weighted by molar-refractivity contribution is 5.09. The van der Waals surface area contributed by atoms with Gasteiger partial charge in [-0.1, -0.05) is 6.07 Å². The van der Waals surface area contributed by atoms with E-state index in [4.69, 9.17) is 10.5 Å². The molecule has 0 aliphatic carbocycles. The van der Waals surface area contributed by atoms with Crippen molar-refractivity contribution in [2.24, 2.45) is 5.73 Å². The predicted octanol–water partition coefficient (Wildman–Crippen LogP) is -0.362. The van der Waals surface area contributed by atoms with Gasteiger partial charge in [-0.15, -0.1) is 0 Å². The van der Waals surface area contributed by atoms with Gasteiger partial charge in [-0.05, 0) is 13.1 Å². The molecule has 1 aromatic rings. The first-order valence-corrected chi connectivity index (χ1v) is 5.89. The fraction of sp³-hybridized carbons (Fsp3) is 0.583. The maximum absolute atomic E-state index is 12.0. The summed E-state index contributed by atoms with van der Waals surface area (Å²) in [7, 11) is 2.06. The summed E-state index contributed by atoms with van der Waals surface area (Å²) >= 11 is 0. The van der Waals surface area contributed by atoms with Crippen LogP contribution in [-0.4, -0.2) is 42.3 Å². The highest BCUT2D eigenvalue weighted by atomic mass is 16.5. The van der Waals surface area contributed by atoms with Crippen molar-refractivity contribution in [2.75, 3.05) is 26.7 Å². The molecule has 1 saturated heterocycles. The van der Waals surface area contributed by atoms with Crippen LogP contribution in [0.5, 0.6) is 0 Å². The van der Waals surface area contributed by atoms with Crippen LogP contribution in [0, 0.1) is 0 Å². The van der Waals surface area contributed by atoms with Gasteiger partial charge in [0.15, 0.2) is 0 Å². The van der Waals surface area contributed by atoms with Crippen LogP contribution >= 0.6 is 0 Å². The molecular weight excluding hydrogens is 218 g/mol. The van der Waals surface area contributed by atoms with Crippen LogP contribution < -0.4 is 11.3 Å². The Morgan fingerprint density at radius 3 is 3.12 bits per heavy atom. The standard InChI is InChI=1S/C12H19N3O2/c1-14-5-6-17-11(8-14)9-15-4-2-3-10(7-13)12(15)16/h2-4,11H,5-9,13H2,1H3. The summed E-state index contributed by atoms with van der Waals surface area (Å²) in [6.45, 7) is 3.42. The molecule has 1 aliphatic rings. The maximum atomic E-state index is 12.0. The van der Waals surface area contributed by atoms with E-state index in [0.717, 1.165) is 19.7 Å². The van der Waals surface area contributed by atoms with Crippen LogP contribution in [-0.2, 0) is 17.8 Å². The molecule has 0 aromatic carbocycles. The predicted molar refractivity (Wildman–Crippen MR) is 65.8 cm³/mol. The summed E-state index contributed by atoms with van der Waals surface area (Å²) in [4.78, 5) is 14.2. The molecular formula is C12H19N3O2. The molecule has 0 bridgehead atoms. The Kier molecular flexibility index (Phi) is 3.93. The molecule has 1 aliphatic heterocycles. The van der Waals surface area contributed by atoms with Gasteiger partial charge in [-0.25, -0.2) is 0 Å². The Labute approximate surface area is 101 Å². The maximum Gasteiger partial charge on any atom is 0.255 e. The minimum absolute atomic E-state index is 0.00757. The van der Waals surface area contributed by atoms with Crippen molar-refractivity contribution in [3.05, 3.63) is 34.2 Å². The molecule has 1 unspecified atom stereocenters. The second-order valence-electron chi connectivity index (χ2n) is 4.45. The van der Waals surface area contributed by atoms with Crippen LogP contribution in [0.25, 0.3) is 0 Å². The number of aromatic nitrogens is 1. The van der Waals surface area contributed by atoms with E-state index in [1.807, 2.05) is 6.07 Å². The monoisotopic (exact) mass is 237 g/mol. The normalized spacial score (nSPS) is 21.6.